The van der Waals surface area contributed by atoms with Gasteiger partial charge in [0.15, 0.2) is 0 Å². The third-order valence-electron chi connectivity index (χ3n) is 6.66. The molecule has 0 saturated heterocycles. The van der Waals surface area contributed by atoms with Gasteiger partial charge in [-0.05, 0) is 86.8 Å². The molecule has 0 spiro atoms. The van der Waals surface area contributed by atoms with E-state index >= 15 is 0 Å². The van der Waals surface area contributed by atoms with E-state index in [0.717, 1.165) is 38.0 Å². The van der Waals surface area contributed by atoms with Crippen molar-refractivity contribution in [2.24, 2.45) is 5.41 Å². The summed E-state index contributed by atoms with van der Waals surface area (Å²) in [6.45, 7) is 6.86. The molecule has 0 radical (unpaired) electrons. The maximum atomic E-state index is 11.8. The Labute approximate surface area is 165 Å². The van der Waals surface area contributed by atoms with Crippen molar-refractivity contribution in [1.82, 2.24) is 5.32 Å². The van der Waals surface area contributed by atoms with Gasteiger partial charge in [-0.2, -0.15) is 0 Å². The van der Waals surface area contributed by atoms with Crippen molar-refractivity contribution in [2.75, 3.05) is 5.32 Å². The SMILES string of the molecule is CCCC(=O)NC1CCC(Nc2ccc(C3CCC(C)(C)CC3)cc2)CC1. The molecular weight excluding hydrogens is 332 g/mol. The van der Waals surface area contributed by atoms with Crippen molar-refractivity contribution >= 4 is 11.6 Å². The number of anilines is 1. The van der Waals surface area contributed by atoms with Gasteiger partial charge in [0.2, 0.25) is 5.91 Å². The summed E-state index contributed by atoms with van der Waals surface area (Å²) in [5.74, 6) is 0.963. The Hall–Kier alpha value is -1.51. The molecule has 2 N–H and O–H groups in total. The zero-order valence-electron chi connectivity index (χ0n) is 17.5. The molecule has 1 amide bonds. The lowest BCUT2D eigenvalue weighted by Crippen LogP contribution is -2.40. The number of nitrogens with one attached hydrogen (secondary N) is 2. The van der Waals surface area contributed by atoms with Crippen LogP contribution in [0.5, 0.6) is 0 Å². The van der Waals surface area contributed by atoms with E-state index in [1.807, 2.05) is 0 Å². The van der Waals surface area contributed by atoms with E-state index < -0.39 is 0 Å². The topological polar surface area (TPSA) is 41.1 Å². The number of amides is 1. The first-order valence-electron chi connectivity index (χ1n) is 11.1. The fraction of sp³-hybridized carbons (Fsp3) is 0.708. The highest BCUT2D eigenvalue weighted by atomic mass is 16.1. The fourth-order valence-electron chi connectivity index (χ4n) is 4.73. The highest BCUT2D eigenvalue weighted by molar-refractivity contribution is 5.76. The number of hydrogen-bond donors (Lipinski definition) is 2. The Morgan fingerprint density at radius 2 is 1.56 bits per heavy atom. The van der Waals surface area contributed by atoms with Gasteiger partial charge in [0.1, 0.15) is 0 Å². The van der Waals surface area contributed by atoms with Crippen molar-refractivity contribution in [3.63, 3.8) is 0 Å². The lowest BCUT2D eigenvalue weighted by Gasteiger charge is -2.34. The van der Waals surface area contributed by atoms with Crippen LogP contribution in [0.1, 0.15) is 96.5 Å². The van der Waals surface area contributed by atoms with Crippen molar-refractivity contribution < 1.29 is 4.79 Å². The van der Waals surface area contributed by atoms with Crippen molar-refractivity contribution in [3.8, 4) is 0 Å². The third-order valence-corrected chi connectivity index (χ3v) is 6.66. The summed E-state index contributed by atoms with van der Waals surface area (Å²) in [6.07, 6.45) is 11.4. The van der Waals surface area contributed by atoms with Gasteiger partial charge in [-0.1, -0.05) is 32.9 Å². The quantitative estimate of drug-likeness (QED) is 0.644. The van der Waals surface area contributed by atoms with Crippen molar-refractivity contribution in [3.05, 3.63) is 29.8 Å². The summed E-state index contributed by atoms with van der Waals surface area (Å²) in [6, 6.07) is 10.1. The summed E-state index contributed by atoms with van der Waals surface area (Å²) in [5, 5.41) is 6.90. The van der Waals surface area contributed by atoms with Crippen LogP contribution in [0, 0.1) is 5.41 Å². The Morgan fingerprint density at radius 3 is 2.15 bits per heavy atom. The van der Waals surface area contributed by atoms with E-state index in [-0.39, 0.29) is 5.91 Å². The van der Waals surface area contributed by atoms with Crippen LogP contribution in [-0.4, -0.2) is 18.0 Å². The smallest absolute Gasteiger partial charge is 0.220 e. The minimum atomic E-state index is 0.218. The summed E-state index contributed by atoms with van der Waals surface area (Å²) in [5.41, 5.74) is 3.29. The van der Waals surface area contributed by atoms with Crippen LogP contribution < -0.4 is 10.6 Å². The molecule has 2 aliphatic rings. The van der Waals surface area contributed by atoms with Gasteiger partial charge in [0.25, 0.3) is 0 Å². The largest absolute Gasteiger partial charge is 0.382 e. The summed E-state index contributed by atoms with van der Waals surface area (Å²) < 4.78 is 0. The molecule has 0 atom stereocenters. The van der Waals surface area contributed by atoms with Gasteiger partial charge in [0, 0.05) is 24.2 Å². The lowest BCUT2D eigenvalue weighted by atomic mass is 9.71. The van der Waals surface area contributed by atoms with Crippen LogP contribution in [0.4, 0.5) is 5.69 Å². The maximum absolute atomic E-state index is 11.8. The summed E-state index contributed by atoms with van der Waals surface area (Å²) in [4.78, 5) is 11.8. The summed E-state index contributed by atoms with van der Waals surface area (Å²) in [7, 11) is 0. The second-order valence-corrected chi connectivity index (χ2v) is 9.57. The minimum absolute atomic E-state index is 0.218. The third kappa shape index (κ3) is 5.99. The normalized spacial score (nSPS) is 25.7. The molecule has 3 nitrogen and oxygen atoms in total. The van der Waals surface area contributed by atoms with Gasteiger partial charge in [-0.3, -0.25) is 4.79 Å². The minimum Gasteiger partial charge on any atom is -0.382 e. The molecular formula is C24H38N2O. The number of benzene rings is 1. The number of carbonyl (C=O) groups is 1. The number of hydrogen-bond acceptors (Lipinski definition) is 2. The molecule has 2 saturated carbocycles. The average Bonchev–Trinajstić information content (AvgIpc) is 2.64. The molecule has 0 aliphatic heterocycles. The van der Waals surface area contributed by atoms with Crippen LogP contribution >= 0.6 is 0 Å². The van der Waals surface area contributed by atoms with E-state index in [4.69, 9.17) is 0 Å². The van der Waals surface area contributed by atoms with Crippen LogP contribution in [-0.2, 0) is 4.79 Å². The van der Waals surface area contributed by atoms with Gasteiger partial charge < -0.3 is 10.6 Å². The number of rotatable bonds is 6. The number of carbonyl (C=O) groups excluding carboxylic acids is 1. The van der Waals surface area contributed by atoms with Crippen LogP contribution in [0.25, 0.3) is 0 Å². The first-order chi connectivity index (χ1) is 12.9. The molecule has 3 heteroatoms. The zero-order valence-corrected chi connectivity index (χ0v) is 17.5. The van der Waals surface area contributed by atoms with E-state index in [9.17, 15) is 4.79 Å². The lowest BCUT2D eigenvalue weighted by molar-refractivity contribution is -0.122. The second kappa shape index (κ2) is 9.12. The fourth-order valence-corrected chi connectivity index (χ4v) is 4.73. The molecule has 0 aromatic heterocycles. The average molecular weight is 371 g/mol. The highest BCUT2D eigenvalue weighted by Gasteiger charge is 2.27. The maximum Gasteiger partial charge on any atom is 0.220 e. The van der Waals surface area contributed by atoms with Gasteiger partial charge in [-0.15, -0.1) is 0 Å². The molecule has 3 rings (SSSR count). The Kier molecular flexibility index (Phi) is 6.83. The van der Waals surface area contributed by atoms with Gasteiger partial charge >= 0.3 is 0 Å². The second-order valence-electron chi connectivity index (χ2n) is 9.57. The van der Waals surface area contributed by atoms with Gasteiger partial charge in [-0.25, -0.2) is 0 Å². The van der Waals surface area contributed by atoms with E-state index in [0.29, 0.717) is 23.9 Å². The molecule has 2 fully saturated rings. The highest BCUT2D eigenvalue weighted by Crippen LogP contribution is 2.42. The molecule has 1 aromatic carbocycles. The first-order valence-corrected chi connectivity index (χ1v) is 11.1. The monoisotopic (exact) mass is 370 g/mol. The molecule has 0 unspecified atom stereocenters. The zero-order chi connectivity index (χ0) is 19.3. The predicted octanol–water partition coefficient (Wildman–Crippen LogP) is 6.01. The predicted molar refractivity (Wildman–Crippen MR) is 114 cm³/mol. The molecule has 1 aromatic rings. The molecule has 27 heavy (non-hydrogen) atoms. The molecule has 0 bridgehead atoms. The van der Waals surface area contributed by atoms with Gasteiger partial charge in [0.05, 0.1) is 0 Å². The summed E-state index contributed by atoms with van der Waals surface area (Å²) >= 11 is 0. The first kappa shape index (κ1) is 20.2. The van der Waals surface area contributed by atoms with E-state index in [1.54, 1.807) is 0 Å². The Morgan fingerprint density at radius 1 is 0.963 bits per heavy atom. The van der Waals surface area contributed by atoms with Crippen LogP contribution in [0.15, 0.2) is 24.3 Å². The van der Waals surface area contributed by atoms with E-state index in [2.05, 4.69) is 55.7 Å². The molecule has 0 heterocycles. The van der Waals surface area contributed by atoms with Crippen LogP contribution in [0.3, 0.4) is 0 Å². The van der Waals surface area contributed by atoms with E-state index in [1.165, 1.54) is 36.9 Å². The standard InChI is InChI=1S/C24H38N2O/c1-4-5-23(27)26-22-12-10-21(11-13-22)25-20-8-6-18(7-9-20)19-14-16-24(2,3)17-15-19/h6-9,19,21-22,25H,4-5,10-17H2,1-3H3,(H,26,27). The molecule has 150 valence electrons. The van der Waals surface area contributed by atoms with Crippen molar-refractivity contribution in [1.29, 1.82) is 0 Å². The van der Waals surface area contributed by atoms with Crippen LogP contribution in [0.2, 0.25) is 0 Å². The molecule has 2 aliphatic carbocycles. The van der Waals surface area contributed by atoms with Crippen molar-refractivity contribution in [2.45, 2.75) is 103 Å². The Bertz CT molecular complexity index is 589. The Balaban J connectivity index is 1.43.